The number of nitrogens with two attached hydrogens (primary N) is 1. The number of fused-ring (bicyclic) bond motifs is 2. The molecule has 1 aliphatic rings. The summed E-state index contributed by atoms with van der Waals surface area (Å²) >= 11 is 0. The van der Waals surface area contributed by atoms with Crippen molar-refractivity contribution in [3.63, 3.8) is 0 Å². The Balaban J connectivity index is 1.89. The Morgan fingerprint density at radius 3 is 2.68 bits per heavy atom. The highest BCUT2D eigenvalue weighted by Gasteiger charge is 2.20. The number of nitrogens with zero attached hydrogens (tertiary/aromatic N) is 3. The van der Waals surface area contributed by atoms with Crippen LogP contribution in [0.4, 0.5) is 11.5 Å². The van der Waals surface area contributed by atoms with E-state index in [0.717, 1.165) is 33.4 Å². The van der Waals surface area contributed by atoms with Crippen molar-refractivity contribution < 1.29 is 9.47 Å². The molecule has 0 amide bonds. The molecule has 0 saturated carbocycles. The lowest BCUT2D eigenvalue weighted by atomic mass is 9.95. The first kappa shape index (κ1) is 15.4. The average Bonchev–Trinajstić information content (AvgIpc) is 3.06. The second-order valence-corrected chi connectivity index (χ2v) is 6.07. The second-order valence-electron chi connectivity index (χ2n) is 6.07. The van der Waals surface area contributed by atoms with Crippen LogP contribution in [-0.4, -0.2) is 23.8 Å². The lowest BCUT2D eigenvalue weighted by molar-refractivity contribution is 0.358. The van der Waals surface area contributed by atoms with E-state index in [0.29, 0.717) is 18.0 Å². The van der Waals surface area contributed by atoms with Crippen LogP contribution in [0.3, 0.4) is 0 Å². The van der Waals surface area contributed by atoms with Gasteiger partial charge in [-0.1, -0.05) is 0 Å². The number of rotatable bonds is 3. The summed E-state index contributed by atoms with van der Waals surface area (Å²) in [4.78, 5) is 6.34. The van der Waals surface area contributed by atoms with E-state index in [9.17, 15) is 0 Å². The molecule has 2 N–H and O–H groups in total. The van der Waals surface area contributed by atoms with Gasteiger partial charge >= 0.3 is 0 Å². The number of hydrogen-bond donors (Lipinski definition) is 1. The SMILES string of the molecule is COc1ccc2c(N)c3c(cc2c1OC)CN(c1cncn1C)C=C3. The first-order valence-electron chi connectivity index (χ1n) is 8.01. The number of ether oxygens (including phenoxy) is 2. The van der Waals surface area contributed by atoms with E-state index < -0.39 is 0 Å². The molecule has 0 aliphatic carbocycles. The molecule has 0 saturated heterocycles. The molecular formula is C19H20N4O2. The minimum Gasteiger partial charge on any atom is -0.493 e. The van der Waals surface area contributed by atoms with E-state index in [4.69, 9.17) is 15.2 Å². The molecule has 0 atom stereocenters. The van der Waals surface area contributed by atoms with Crippen LogP contribution in [-0.2, 0) is 13.6 Å². The number of methoxy groups -OCH3 is 2. The lowest BCUT2D eigenvalue weighted by Crippen LogP contribution is -2.21. The van der Waals surface area contributed by atoms with Gasteiger partial charge in [0.1, 0.15) is 5.82 Å². The molecule has 3 aromatic rings. The van der Waals surface area contributed by atoms with Crippen LogP contribution in [0.2, 0.25) is 0 Å². The molecule has 128 valence electrons. The quantitative estimate of drug-likeness (QED) is 0.744. The normalized spacial score (nSPS) is 13.2. The van der Waals surface area contributed by atoms with Crippen LogP contribution >= 0.6 is 0 Å². The summed E-state index contributed by atoms with van der Waals surface area (Å²) in [6.07, 6.45) is 7.74. The minimum atomic E-state index is 0.698. The number of aromatic nitrogens is 2. The first-order valence-corrected chi connectivity index (χ1v) is 8.01. The Hall–Kier alpha value is -3.15. The van der Waals surface area contributed by atoms with Gasteiger partial charge in [0.15, 0.2) is 11.5 Å². The fourth-order valence-electron chi connectivity index (χ4n) is 3.41. The molecule has 4 rings (SSSR count). The van der Waals surface area contributed by atoms with Crippen molar-refractivity contribution >= 4 is 28.4 Å². The molecule has 2 aromatic carbocycles. The third-order valence-electron chi connectivity index (χ3n) is 4.68. The number of benzene rings is 2. The Kier molecular flexibility index (Phi) is 3.53. The van der Waals surface area contributed by atoms with Gasteiger partial charge in [0.05, 0.1) is 26.7 Å². The molecule has 0 spiro atoms. The van der Waals surface area contributed by atoms with Crippen LogP contribution < -0.4 is 20.1 Å². The monoisotopic (exact) mass is 336 g/mol. The molecule has 0 unspecified atom stereocenters. The maximum absolute atomic E-state index is 6.47. The topological polar surface area (TPSA) is 65.5 Å². The second kappa shape index (κ2) is 5.73. The Morgan fingerprint density at radius 1 is 1.16 bits per heavy atom. The maximum Gasteiger partial charge on any atom is 0.168 e. The standard InChI is InChI=1S/C19H20N4O2/c1-22-11-21-9-17(22)23-7-6-13-12(10-23)8-15-14(18(13)20)4-5-16(24-2)19(15)25-3/h4-9,11H,10,20H2,1-3H3. The number of imidazole rings is 1. The van der Waals surface area contributed by atoms with E-state index >= 15 is 0 Å². The van der Waals surface area contributed by atoms with Gasteiger partial charge in [-0.25, -0.2) is 4.98 Å². The van der Waals surface area contributed by atoms with Gasteiger partial charge < -0.3 is 24.7 Å². The van der Waals surface area contributed by atoms with Gasteiger partial charge in [-0.15, -0.1) is 0 Å². The maximum atomic E-state index is 6.47. The summed E-state index contributed by atoms with van der Waals surface area (Å²) in [5.74, 6) is 2.43. The van der Waals surface area contributed by atoms with Crippen molar-refractivity contribution in [1.29, 1.82) is 0 Å². The first-order chi connectivity index (χ1) is 12.1. The molecule has 2 heterocycles. The Bertz CT molecular complexity index is 991. The molecule has 1 aromatic heterocycles. The Morgan fingerprint density at radius 2 is 2.00 bits per heavy atom. The summed E-state index contributed by atoms with van der Waals surface area (Å²) in [6.45, 7) is 0.714. The minimum absolute atomic E-state index is 0.698. The highest BCUT2D eigenvalue weighted by Crippen LogP contribution is 2.41. The van der Waals surface area contributed by atoms with E-state index in [1.165, 1.54) is 0 Å². The zero-order valence-corrected chi connectivity index (χ0v) is 14.5. The highest BCUT2D eigenvalue weighted by molar-refractivity contribution is 6.02. The zero-order valence-electron chi connectivity index (χ0n) is 14.5. The van der Waals surface area contributed by atoms with Gasteiger partial charge in [-0.3, -0.25) is 0 Å². The van der Waals surface area contributed by atoms with E-state index in [-0.39, 0.29) is 0 Å². The van der Waals surface area contributed by atoms with Crippen molar-refractivity contribution in [3.05, 3.63) is 48.1 Å². The largest absolute Gasteiger partial charge is 0.493 e. The molecule has 0 bridgehead atoms. The lowest BCUT2D eigenvalue weighted by Gasteiger charge is -2.27. The average molecular weight is 336 g/mol. The van der Waals surface area contributed by atoms with Crippen LogP contribution in [0.1, 0.15) is 11.1 Å². The van der Waals surface area contributed by atoms with E-state index in [1.807, 2.05) is 36.1 Å². The third-order valence-corrected chi connectivity index (χ3v) is 4.68. The fourth-order valence-corrected chi connectivity index (χ4v) is 3.41. The number of anilines is 2. The smallest absolute Gasteiger partial charge is 0.168 e. The van der Waals surface area contributed by atoms with Gasteiger partial charge in [0.25, 0.3) is 0 Å². The van der Waals surface area contributed by atoms with Crippen molar-refractivity contribution in [3.8, 4) is 11.5 Å². The van der Waals surface area contributed by atoms with Crippen molar-refractivity contribution in [2.75, 3.05) is 24.9 Å². The van der Waals surface area contributed by atoms with E-state index in [2.05, 4.69) is 22.0 Å². The third kappa shape index (κ3) is 2.29. The molecule has 0 radical (unpaired) electrons. The number of nitrogen functional groups attached to an aromatic ring is 1. The van der Waals surface area contributed by atoms with Gasteiger partial charge in [-0.2, -0.15) is 0 Å². The molecule has 0 fully saturated rings. The molecular weight excluding hydrogens is 316 g/mol. The van der Waals surface area contributed by atoms with Gasteiger partial charge in [0, 0.05) is 41.8 Å². The molecule has 25 heavy (non-hydrogen) atoms. The van der Waals surface area contributed by atoms with Crippen LogP contribution in [0.5, 0.6) is 11.5 Å². The summed E-state index contributed by atoms with van der Waals surface area (Å²) < 4.78 is 13.0. The van der Waals surface area contributed by atoms with Crippen LogP contribution in [0, 0.1) is 0 Å². The highest BCUT2D eigenvalue weighted by atomic mass is 16.5. The van der Waals surface area contributed by atoms with Crippen LogP contribution in [0.25, 0.3) is 16.8 Å². The predicted molar refractivity (Wildman–Crippen MR) is 99.9 cm³/mol. The molecule has 1 aliphatic heterocycles. The Labute approximate surface area is 146 Å². The molecule has 6 nitrogen and oxygen atoms in total. The van der Waals surface area contributed by atoms with Crippen molar-refractivity contribution in [2.24, 2.45) is 7.05 Å². The summed E-state index contributed by atoms with van der Waals surface area (Å²) in [7, 11) is 5.27. The van der Waals surface area contributed by atoms with Gasteiger partial charge in [0.2, 0.25) is 0 Å². The summed E-state index contributed by atoms with van der Waals surface area (Å²) in [5.41, 5.74) is 9.42. The van der Waals surface area contributed by atoms with Gasteiger partial charge in [-0.05, 0) is 29.8 Å². The molecule has 6 heteroatoms. The van der Waals surface area contributed by atoms with Crippen molar-refractivity contribution in [2.45, 2.75) is 6.54 Å². The predicted octanol–water partition coefficient (Wildman–Crippen LogP) is 3.16. The number of hydrogen-bond acceptors (Lipinski definition) is 5. The van der Waals surface area contributed by atoms with Crippen LogP contribution in [0.15, 0.2) is 36.9 Å². The fraction of sp³-hybridized carbons (Fsp3) is 0.211. The summed E-state index contributed by atoms with van der Waals surface area (Å²) in [6, 6.07) is 6.00. The number of aryl methyl sites for hydroxylation is 1. The van der Waals surface area contributed by atoms with E-state index in [1.54, 1.807) is 20.5 Å². The van der Waals surface area contributed by atoms with Crippen molar-refractivity contribution in [1.82, 2.24) is 9.55 Å². The zero-order chi connectivity index (χ0) is 17.6. The summed E-state index contributed by atoms with van der Waals surface area (Å²) in [5, 5.41) is 1.92.